The minimum absolute atomic E-state index is 0.576. The Labute approximate surface area is 166 Å². The fourth-order valence-corrected chi connectivity index (χ4v) is 3.38. The number of aliphatic hydroxyl groups is 6. The second-order valence-corrected chi connectivity index (χ2v) is 7.00. The van der Waals surface area contributed by atoms with Gasteiger partial charge in [-0.05, 0) is 0 Å². The third-order valence-corrected chi connectivity index (χ3v) is 4.78. The van der Waals surface area contributed by atoms with E-state index in [1.165, 1.54) is 0 Å². The molecule has 13 heteroatoms. The van der Waals surface area contributed by atoms with Crippen molar-refractivity contribution in [2.75, 3.05) is 13.2 Å². The second kappa shape index (κ2) is 10.1. The van der Waals surface area contributed by atoms with E-state index in [-0.39, 0.29) is 0 Å². The molecule has 2 amide bonds. The number of amides is 2. The van der Waals surface area contributed by atoms with Gasteiger partial charge in [0.15, 0.2) is 12.6 Å². The van der Waals surface area contributed by atoms with Crippen molar-refractivity contribution in [3.8, 4) is 0 Å². The summed E-state index contributed by atoms with van der Waals surface area (Å²) in [5.74, 6) is -1.16. The summed E-state index contributed by atoms with van der Waals surface area (Å²) >= 11 is 0. The highest BCUT2D eigenvalue weighted by Gasteiger charge is 2.51. The van der Waals surface area contributed by atoms with E-state index in [1.54, 1.807) is 0 Å². The van der Waals surface area contributed by atoms with Gasteiger partial charge in [-0.2, -0.15) is 0 Å². The van der Waals surface area contributed by atoms with Crippen molar-refractivity contribution in [1.29, 1.82) is 0 Å². The van der Waals surface area contributed by atoms with E-state index in [0.717, 1.165) is 13.8 Å². The zero-order chi connectivity index (χ0) is 21.9. The van der Waals surface area contributed by atoms with Crippen LogP contribution in [0.4, 0.5) is 0 Å². The van der Waals surface area contributed by atoms with Crippen LogP contribution in [0.3, 0.4) is 0 Å². The largest absolute Gasteiger partial charge is 0.394 e. The predicted molar refractivity (Wildman–Crippen MR) is 91.8 cm³/mol. The smallest absolute Gasteiger partial charge is 0.217 e. The van der Waals surface area contributed by atoms with Crippen molar-refractivity contribution in [3.63, 3.8) is 0 Å². The highest BCUT2D eigenvalue weighted by molar-refractivity contribution is 5.73. The van der Waals surface area contributed by atoms with E-state index in [0.29, 0.717) is 0 Å². The zero-order valence-electron chi connectivity index (χ0n) is 15.9. The van der Waals surface area contributed by atoms with Gasteiger partial charge in [-0.3, -0.25) is 9.59 Å². The molecule has 2 fully saturated rings. The lowest BCUT2D eigenvalue weighted by molar-refractivity contribution is -0.323. The van der Waals surface area contributed by atoms with Crippen LogP contribution in [0.15, 0.2) is 0 Å². The number of hydrogen-bond acceptors (Lipinski definition) is 11. The highest BCUT2D eigenvalue weighted by Crippen LogP contribution is 2.28. The monoisotopic (exact) mass is 424 g/mol. The Morgan fingerprint density at radius 1 is 0.828 bits per heavy atom. The van der Waals surface area contributed by atoms with Gasteiger partial charge in [0.1, 0.15) is 48.7 Å². The first-order valence-corrected chi connectivity index (χ1v) is 9.05. The van der Waals surface area contributed by atoms with Crippen LogP contribution in [0.5, 0.6) is 0 Å². The van der Waals surface area contributed by atoms with Crippen LogP contribution in [0.25, 0.3) is 0 Å². The van der Waals surface area contributed by atoms with Crippen molar-refractivity contribution < 1.29 is 54.4 Å². The Hall–Kier alpha value is -1.42. The standard InChI is InChI=1S/C16H28N2O11/c1-5(21)17-9-13(25)11(23)7(3-19)28-16(9)29-14-10(18-6(2)22)15(26)27-8(4-20)12(14)24/h7-16,19-20,23-26H,3-4H2,1-2H3,(H,17,21)(H,18,22)/t7-,8-,9-,10-,11-,12+,13-,14-,15?,16?/m1/s1. The number of carbonyl (C=O) groups excluding carboxylic acids is 2. The van der Waals surface area contributed by atoms with Gasteiger partial charge in [-0.25, -0.2) is 0 Å². The Kier molecular flexibility index (Phi) is 8.28. The van der Waals surface area contributed by atoms with Gasteiger partial charge in [-0.15, -0.1) is 0 Å². The summed E-state index contributed by atoms with van der Waals surface area (Å²) in [5.41, 5.74) is 0. The van der Waals surface area contributed by atoms with Crippen LogP contribution >= 0.6 is 0 Å². The summed E-state index contributed by atoms with van der Waals surface area (Å²) in [6, 6.07) is -2.59. The van der Waals surface area contributed by atoms with Crippen LogP contribution in [0.2, 0.25) is 0 Å². The molecule has 2 heterocycles. The molecule has 13 nitrogen and oxygen atoms in total. The third kappa shape index (κ3) is 5.39. The third-order valence-electron chi connectivity index (χ3n) is 4.78. The second-order valence-electron chi connectivity index (χ2n) is 7.00. The highest BCUT2D eigenvalue weighted by atomic mass is 16.7. The lowest BCUT2D eigenvalue weighted by Crippen LogP contribution is -2.69. The first kappa shape index (κ1) is 23.9. The van der Waals surface area contributed by atoms with Crippen molar-refractivity contribution in [3.05, 3.63) is 0 Å². The summed E-state index contributed by atoms with van der Waals surface area (Å²) in [6.45, 7) is 0.959. The average molecular weight is 424 g/mol. The molecule has 2 aliphatic heterocycles. The number of aliphatic hydroxyl groups excluding tert-OH is 6. The summed E-state index contributed by atoms with van der Waals surface area (Å²) in [5, 5.41) is 64.5. The normalized spacial score (nSPS) is 42.9. The summed E-state index contributed by atoms with van der Waals surface area (Å²) in [7, 11) is 0. The first-order chi connectivity index (χ1) is 13.6. The number of ether oxygens (including phenoxy) is 3. The summed E-state index contributed by atoms with van der Waals surface area (Å²) < 4.78 is 16.2. The SMILES string of the molecule is CC(=O)N[C@H]1C(O[C@H]2[C@@H](O)[C@@H](CO)OC(O)[C@@H]2NC(C)=O)O[C@H](CO)[C@@H](O)[C@@H]1O. The fraction of sp³-hybridized carbons (Fsp3) is 0.875. The Morgan fingerprint density at radius 2 is 1.34 bits per heavy atom. The van der Waals surface area contributed by atoms with Crippen molar-refractivity contribution in [2.45, 2.75) is 75.1 Å². The zero-order valence-corrected chi connectivity index (χ0v) is 15.9. The number of hydrogen-bond donors (Lipinski definition) is 8. The van der Waals surface area contributed by atoms with Crippen LogP contribution in [0.1, 0.15) is 13.8 Å². The lowest BCUT2D eigenvalue weighted by Gasteiger charge is -2.47. The molecule has 2 rings (SSSR count). The quantitative estimate of drug-likeness (QED) is 0.202. The molecule has 0 aromatic heterocycles. The fourth-order valence-electron chi connectivity index (χ4n) is 3.38. The molecular formula is C16H28N2O11. The molecule has 2 saturated heterocycles. The molecule has 2 unspecified atom stereocenters. The molecule has 0 spiro atoms. The maximum atomic E-state index is 11.5. The Balaban J connectivity index is 2.31. The molecule has 0 radical (unpaired) electrons. The molecular weight excluding hydrogens is 396 g/mol. The minimum atomic E-state index is -1.66. The van der Waals surface area contributed by atoms with Crippen molar-refractivity contribution in [1.82, 2.24) is 10.6 Å². The minimum Gasteiger partial charge on any atom is -0.394 e. The average Bonchev–Trinajstić information content (AvgIpc) is 2.65. The molecule has 8 N–H and O–H groups in total. The lowest BCUT2D eigenvalue weighted by atomic mass is 9.94. The van der Waals surface area contributed by atoms with Crippen LogP contribution in [-0.4, -0.2) is 117 Å². The number of nitrogens with one attached hydrogen (secondary N) is 2. The van der Waals surface area contributed by atoms with Gasteiger partial charge in [0.2, 0.25) is 11.8 Å². The molecule has 2 aliphatic rings. The molecule has 0 saturated carbocycles. The van der Waals surface area contributed by atoms with Crippen molar-refractivity contribution >= 4 is 11.8 Å². The van der Waals surface area contributed by atoms with E-state index in [4.69, 9.17) is 14.2 Å². The van der Waals surface area contributed by atoms with Crippen LogP contribution in [-0.2, 0) is 23.8 Å². The maximum absolute atomic E-state index is 11.5. The topological polar surface area (TPSA) is 207 Å². The van der Waals surface area contributed by atoms with Crippen LogP contribution in [0, 0.1) is 0 Å². The molecule has 29 heavy (non-hydrogen) atoms. The molecule has 0 aliphatic carbocycles. The molecule has 0 aromatic carbocycles. The Morgan fingerprint density at radius 3 is 1.86 bits per heavy atom. The molecule has 0 bridgehead atoms. The van der Waals surface area contributed by atoms with E-state index in [2.05, 4.69) is 10.6 Å². The van der Waals surface area contributed by atoms with Gasteiger partial charge in [0.05, 0.1) is 13.2 Å². The molecule has 168 valence electrons. The van der Waals surface area contributed by atoms with Gasteiger partial charge in [0.25, 0.3) is 0 Å². The van der Waals surface area contributed by atoms with Gasteiger partial charge < -0.3 is 55.5 Å². The van der Waals surface area contributed by atoms with E-state index >= 15 is 0 Å². The van der Waals surface area contributed by atoms with E-state index in [9.17, 15) is 40.2 Å². The predicted octanol–water partition coefficient (Wildman–Crippen LogP) is -5.11. The van der Waals surface area contributed by atoms with Gasteiger partial charge in [0, 0.05) is 13.8 Å². The van der Waals surface area contributed by atoms with Gasteiger partial charge >= 0.3 is 0 Å². The number of rotatable bonds is 6. The summed E-state index contributed by atoms with van der Waals surface area (Å²) in [6.07, 6.45) is -11.8. The molecule has 10 atom stereocenters. The van der Waals surface area contributed by atoms with E-state index in [1.807, 2.05) is 0 Å². The molecule has 0 aromatic rings. The first-order valence-electron chi connectivity index (χ1n) is 9.05. The summed E-state index contributed by atoms with van der Waals surface area (Å²) in [4.78, 5) is 23.0. The number of carbonyl (C=O) groups is 2. The van der Waals surface area contributed by atoms with E-state index < -0.39 is 86.3 Å². The van der Waals surface area contributed by atoms with Crippen LogP contribution < -0.4 is 10.6 Å². The Bertz CT molecular complexity index is 579. The maximum Gasteiger partial charge on any atom is 0.217 e. The van der Waals surface area contributed by atoms with Gasteiger partial charge in [-0.1, -0.05) is 0 Å². The van der Waals surface area contributed by atoms with Crippen molar-refractivity contribution in [2.24, 2.45) is 0 Å².